The Morgan fingerprint density at radius 1 is 1.07 bits per heavy atom. The molecule has 0 radical (unpaired) electrons. The smallest absolute Gasteiger partial charge is 0.410 e. The number of amides is 1. The maximum absolute atomic E-state index is 14.7. The summed E-state index contributed by atoms with van der Waals surface area (Å²) < 4.78 is 23.5. The first-order valence-corrected chi connectivity index (χ1v) is 13.7. The summed E-state index contributed by atoms with van der Waals surface area (Å²) in [4.78, 5) is 41.2. The number of carbonyl (C=O) groups excluding carboxylic acids is 1. The lowest BCUT2D eigenvalue weighted by Crippen LogP contribution is -2.39. The highest BCUT2D eigenvalue weighted by atomic mass is 19.1. The van der Waals surface area contributed by atoms with Gasteiger partial charge in [-0.25, -0.2) is 28.5 Å². The molecule has 1 aromatic carbocycles. The molecular formula is C30H36FN7O3. The van der Waals surface area contributed by atoms with Gasteiger partial charge in [-0.05, 0) is 90.3 Å². The van der Waals surface area contributed by atoms with E-state index in [9.17, 15) is 14.0 Å². The van der Waals surface area contributed by atoms with Gasteiger partial charge < -0.3 is 15.0 Å². The number of hydrogen-bond donors (Lipinski definition) is 1. The number of benzene rings is 1. The van der Waals surface area contributed by atoms with Gasteiger partial charge in [0, 0.05) is 31.0 Å². The van der Waals surface area contributed by atoms with Crippen molar-refractivity contribution in [2.45, 2.75) is 78.7 Å². The second-order valence-corrected chi connectivity index (χ2v) is 12.1. The third kappa shape index (κ3) is 5.79. The second-order valence-electron chi connectivity index (χ2n) is 12.1. The first-order chi connectivity index (χ1) is 19.2. The highest BCUT2D eigenvalue weighted by molar-refractivity contribution is 5.77. The van der Waals surface area contributed by atoms with E-state index in [1.807, 2.05) is 52.8 Å². The number of nitrogens with one attached hydrogen (secondary N) is 1. The average molecular weight is 562 g/mol. The molecule has 1 aliphatic rings. The molecule has 0 bridgehead atoms. The Kier molecular flexibility index (Phi) is 7.08. The molecule has 1 amide bonds. The SMILES string of the molecule is CC(C)n1c(=O)c2cnc(Nc3ccc4c(c3)CCN(C(=O)OC(C)(C)C)C4)nc2n1-c1cccc(C(C)(C)F)n1. The number of alkyl halides is 1. The van der Waals surface area contributed by atoms with E-state index in [1.54, 1.807) is 32.5 Å². The van der Waals surface area contributed by atoms with Crippen LogP contribution in [0.1, 0.15) is 71.3 Å². The lowest BCUT2D eigenvalue weighted by molar-refractivity contribution is 0.0224. The summed E-state index contributed by atoms with van der Waals surface area (Å²) in [6.07, 6.45) is 1.87. The molecule has 1 N–H and O–H groups in total. The zero-order chi connectivity index (χ0) is 29.7. The number of fused-ring (bicyclic) bond motifs is 2. The van der Waals surface area contributed by atoms with Crippen molar-refractivity contribution in [2.75, 3.05) is 11.9 Å². The molecule has 0 atom stereocenters. The Bertz CT molecular complexity index is 1680. The van der Waals surface area contributed by atoms with Crippen LogP contribution in [0.5, 0.6) is 0 Å². The Morgan fingerprint density at radius 2 is 1.83 bits per heavy atom. The zero-order valence-corrected chi connectivity index (χ0v) is 24.5. The lowest BCUT2D eigenvalue weighted by Gasteiger charge is -2.31. The quantitative estimate of drug-likeness (QED) is 0.328. The maximum Gasteiger partial charge on any atom is 0.410 e. The molecule has 1 aliphatic heterocycles. The van der Waals surface area contributed by atoms with Crippen molar-refractivity contribution in [1.29, 1.82) is 0 Å². The van der Waals surface area contributed by atoms with Crippen molar-refractivity contribution in [1.82, 2.24) is 29.2 Å². The first-order valence-electron chi connectivity index (χ1n) is 13.7. The summed E-state index contributed by atoms with van der Waals surface area (Å²) in [7, 11) is 0. The van der Waals surface area contributed by atoms with E-state index in [0.717, 1.165) is 16.8 Å². The number of anilines is 2. The minimum Gasteiger partial charge on any atom is -0.444 e. The molecular weight excluding hydrogens is 525 g/mol. The maximum atomic E-state index is 14.7. The highest BCUT2D eigenvalue weighted by Gasteiger charge is 2.27. The molecule has 0 unspecified atom stereocenters. The van der Waals surface area contributed by atoms with Gasteiger partial charge in [-0.1, -0.05) is 12.1 Å². The number of halogens is 1. The average Bonchev–Trinajstić information content (AvgIpc) is 3.18. The molecule has 41 heavy (non-hydrogen) atoms. The Labute approximate surface area is 238 Å². The summed E-state index contributed by atoms with van der Waals surface area (Å²) >= 11 is 0. The van der Waals surface area contributed by atoms with Gasteiger partial charge >= 0.3 is 6.09 Å². The van der Waals surface area contributed by atoms with Crippen LogP contribution in [-0.2, 0) is 23.4 Å². The molecule has 11 heteroatoms. The van der Waals surface area contributed by atoms with E-state index in [4.69, 9.17) is 9.72 Å². The fourth-order valence-corrected chi connectivity index (χ4v) is 4.86. The van der Waals surface area contributed by atoms with Crippen LogP contribution >= 0.6 is 0 Å². The monoisotopic (exact) mass is 561 g/mol. The number of carbonyl (C=O) groups is 1. The number of hydrogen-bond acceptors (Lipinski definition) is 7. The van der Waals surface area contributed by atoms with Gasteiger partial charge in [0.05, 0.1) is 5.69 Å². The molecule has 10 nitrogen and oxygen atoms in total. The Hall–Kier alpha value is -4.28. The third-order valence-electron chi connectivity index (χ3n) is 6.80. The Balaban J connectivity index is 1.47. The molecule has 4 aromatic rings. The van der Waals surface area contributed by atoms with E-state index < -0.39 is 11.3 Å². The largest absolute Gasteiger partial charge is 0.444 e. The van der Waals surface area contributed by atoms with E-state index >= 15 is 0 Å². The molecule has 0 saturated heterocycles. The predicted molar refractivity (Wildman–Crippen MR) is 156 cm³/mol. The molecule has 3 aromatic heterocycles. The first kappa shape index (κ1) is 28.3. The van der Waals surface area contributed by atoms with Crippen molar-refractivity contribution in [2.24, 2.45) is 0 Å². The summed E-state index contributed by atoms with van der Waals surface area (Å²) in [5, 5.41) is 3.59. The van der Waals surface area contributed by atoms with Gasteiger partial charge in [0.15, 0.2) is 11.5 Å². The molecule has 5 rings (SSSR count). The number of rotatable bonds is 5. The van der Waals surface area contributed by atoms with Crippen LogP contribution in [0.15, 0.2) is 47.4 Å². The summed E-state index contributed by atoms with van der Waals surface area (Å²) in [6, 6.07) is 10.8. The van der Waals surface area contributed by atoms with Crippen molar-refractivity contribution in [3.63, 3.8) is 0 Å². The van der Waals surface area contributed by atoms with Gasteiger partial charge in [-0.15, -0.1) is 0 Å². The summed E-state index contributed by atoms with van der Waals surface area (Å²) in [5.74, 6) is 0.697. The van der Waals surface area contributed by atoms with Crippen LogP contribution in [0.4, 0.5) is 20.8 Å². The van der Waals surface area contributed by atoms with E-state index in [0.29, 0.717) is 42.3 Å². The number of aromatic nitrogens is 5. The van der Waals surface area contributed by atoms with Gasteiger partial charge in [0.1, 0.15) is 16.7 Å². The van der Waals surface area contributed by atoms with Gasteiger partial charge in [0.25, 0.3) is 5.56 Å². The van der Waals surface area contributed by atoms with Gasteiger partial charge in [-0.3, -0.25) is 4.79 Å². The lowest BCUT2D eigenvalue weighted by atomic mass is 9.99. The molecule has 0 aliphatic carbocycles. The van der Waals surface area contributed by atoms with Crippen LogP contribution in [-0.4, -0.2) is 47.5 Å². The molecule has 4 heterocycles. The zero-order valence-electron chi connectivity index (χ0n) is 24.5. The Morgan fingerprint density at radius 3 is 2.51 bits per heavy atom. The highest BCUT2D eigenvalue weighted by Crippen LogP contribution is 2.27. The van der Waals surface area contributed by atoms with E-state index in [2.05, 4.69) is 15.3 Å². The van der Waals surface area contributed by atoms with Gasteiger partial charge in [-0.2, -0.15) is 4.98 Å². The van der Waals surface area contributed by atoms with Gasteiger partial charge in [0.2, 0.25) is 5.95 Å². The summed E-state index contributed by atoms with van der Waals surface area (Å²) in [5.41, 5.74) is 1.12. The topological polar surface area (TPSA) is 107 Å². The van der Waals surface area contributed by atoms with Crippen LogP contribution in [0.25, 0.3) is 16.9 Å². The molecule has 216 valence electrons. The van der Waals surface area contributed by atoms with Crippen LogP contribution in [0, 0.1) is 0 Å². The van der Waals surface area contributed by atoms with Crippen molar-refractivity contribution < 1.29 is 13.9 Å². The van der Waals surface area contributed by atoms with Crippen LogP contribution in [0.2, 0.25) is 0 Å². The van der Waals surface area contributed by atoms with Crippen LogP contribution in [0.3, 0.4) is 0 Å². The van der Waals surface area contributed by atoms with E-state index in [1.165, 1.54) is 20.0 Å². The normalized spacial score (nSPS) is 13.9. The molecule has 0 fully saturated rings. The minimum absolute atomic E-state index is 0.210. The number of nitrogens with zero attached hydrogens (tertiary/aromatic N) is 6. The fraction of sp³-hybridized carbons (Fsp3) is 0.433. The predicted octanol–water partition coefficient (Wildman–Crippen LogP) is 5.80. The van der Waals surface area contributed by atoms with Crippen molar-refractivity contribution in [3.8, 4) is 5.82 Å². The van der Waals surface area contributed by atoms with E-state index in [-0.39, 0.29) is 23.4 Å². The van der Waals surface area contributed by atoms with Crippen molar-refractivity contribution >= 4 is 28.8 Å². The fourth-order valence-electron chi connectivity index (χ4n) is 4.86. The standard InChI is InChI=1S/C30H36FN7O3/c1-18(2)37-26(39)22-16-32-27(35-25(22)38(37)24-10-8-9-23(34-24)30(6,7)31)33-21-12-11-20-17-36(14-13-19(20)15-21)28(40)41-29(3,4)5/h8-12,15-16,18H,13-14,17H2,1-7H3,(H,32,33,35). The molecule has 0 spiro atoms. The minimum atomic E-state index is -1.65. The third-order valence-corrected chi connectivity index (χ3v) is 6.80. The van der Waals surface area contributed by atoms with Crippen molar-refractivity contribution in [3.05, 3.63) is 69.8 Å². The van der Waals surface area contributed by atoms with Crippen LogP contribution < -0.4 is 10.9 Å². The number of pyridine rings is 1. The number of ether oxygens (including phenoxy) is 1. The second kappa shape index (κ2) is 10.3. The molecule has 0 saturated carbocycles. The summed E-state index contributed by atoms with van der Waals surface area (Å²) in [6.45, 7) is 13.3.